The molecule has 2 aromatic carbocycles. The number of nitrogens with zero attached hydrogens (tertiary/aromatic N) is 1. The van der Waals surface area contributed by atoms with Gasteiger partial charge in [-0.2, -0.15) is 18.4 Å². The summed E-state index contributed by atoms with van der Waals surface area (Å²) < 4.78 is 64.8. The van der Waals surface area contributed by atoms with Gasteiger partial charge in [0.15, 0.2) is 0 Å². The van der Waals surface area contributed by atoms with Crippen molar-refractivity contribution >= 4 is 39.1 Å². The number of nitrogens with one attached hydrogen (secondary N) is 2. The lowest BCUT2D eigenvalue weighted by Crippen LogP contribution is -2.52. The predicted octanol–water partition coefficient (Wildman–Crippen LogP) is 2.58. The van der Waals surface area contributed by atoms with Gasteiger partial charge in [-0.15, -0.1) is 0 Å². The summed E-state index contributed by atoms with van der Waals surface area (Å²) in [4.78, 5) is 23.4. The molecule has 0 unspecified atom stereocenters. The SMILES string of the molecule is C[C@@](O)(C(=O)Nc1ccc(S(=O)(=O)NC(=O)c2ccc(C#N)cc2)cc1Cl)C(F)(F)F. The highest BCUT2D eigenvalue weighted by atomic mass is 35.5. The molecule has 0 fully saturated rings. The lowest BCUT2D eigenvalue weighted by molar-refractivity contribution is -0.242. The second-order valence-electron chi connectivity index (χ2n) is 6.29. The van der Waals surface area contributed by atoms with Crippen molar-refractivity contribution in [3.05, 3.63) is 58.6 Å². The monoisotopic (exact) mass is 475 g/mol. The molecule has 3 N–H and O–H groups in total. The number of nitriles is 1. The molecule has 0 spiro atoms. The Morgan fingerprint density at radius 2 is 1.71 bits per heavy atom. The van der Waals surface area contributed by atoms with Gasteiger partial charge in [0, 0.05) is 5.56 Å². The standard InChI is InChI=1S/C18H13ClF3N3O5S/c1-17(28,18(20,21)22)16(27)24-14-7-6-12(8-13(14)19)31(29,30)25-15(26)11-4-2-10(9-23)3-5-11/h2-8,28H,1H3,(H,24,27)(H,25,26)/t17-/m1/s1. The molecule has 0 saturated carbocycles. The van der Waals surface area contributed by atoms with Gasteiger partial charge in [0.1, 0.15) is 0 Å². The van der Waals surface area contributed by atoms with E-state index in [1.54, 1.807) is 10.0 Å². The maximum absolute atomic E-state index is 12.7. The van der Waals surface area contributed by atoms with Gasteiger partial charge in [-0.1, -0.05) is 11.6 Å². The predicted molar refractivity (Wildman–Crippen MR) is 103 cm³/mol. The van der Waals surface area contributed by atoms with Crippen molar-refractivity contribution < 1.29 is 36.3 Å². The van der Waals surface area contributed by atoms with Gasteiger partial charge in [0.2, 0.25) is 5.60 Å². The van der Waals surface area contributed by atoms with E-state index in [-0.39, 0.29) is 18.1 Å². The average Bonchev–Trinajstić information content (AvgIpc) is 2.68. The molecule has 31 heavy (non-hydrogen) atoms. The number of hydrogen-bond acceptors (Lipinski definition) is 6. The van der Waals surface area contributed by atoms with E-state index in [4.69, 9.17) is 16.9 Å². The zero-order valence-electron chi connectivity index (χ0n) is 15.5. The molecule has 0 aliphatic heterocycles. The smallest absolute Gasteiger partial charge is 0.373 e. The van der Waals surface area contributed by atoms with Crippen LogP contribution in [0.15, 0.2) is 47.4 Å². The molecule has 0 radical (unpaired) electrons. The van der Waals surface area contributed by atoms with Crippen LogP contribution >= 0.6 is 11.6 Å². The van der Waals surface area contributed by atoms with Crippen LogP contribution < -0.4 is 10.0 Å². The summed E-state index contributed by atoms with van der Waals surface area (Å²) in [5.41, 5.74) is -3.90. The topological polar surface area (TPSA) is 136 Å². The number of anilines is 1. The van der Waals surface area contributed by atoms with Gasteiger partial charge in [-0.3, -0.25) is 9.59 Å². The molecule has 8 nitrogen and oxygen atoms in total. The van der Waals surface area contributed by atoms with Crippen molar-refractivity contribution in [1.29, 1.82) is 5.26 Å². The third-order valence-corrected chi connectivity index (χ3v) is 5.64. The van der Waals surface area contributed by atoms with Crippen molar-refractivity contribution in [3.8, 4) is 6.07 Å². The number of sulfonamides is 1. The fraction of sp³-hybridized carbons (Fsp3) is 0.167. The molecule has 0 aromatic heterocycles. The summed E-state index contributed by atoms with van der Waals surface area (Å²) in [6.45, 7) is 0.244. The van der Waals surface area contributed by atoms with Gasteiger partial charge in [0.25, 0.3) is 21.8 Å². The van der Waals surface area contributed by atoms with E-state index in [2.05, 4.69) is 0 Å². The number of rotatable bonds is 5. The van der Waals surface area contributed by atoms with Gasteiger partial charge in [0.05, 0.1) is 27.2 Å². The average molecular weight is 476 g/mol. The number of amides is 2. The zero-order chi connectivity index (χ0) is 23.6. The Labute approximate surface area is 179 Å². The summed E-state index contributed by atoms with van der Waals surface area (Å²) in [7, 11) is -4.43. The first-order valence-electron chi connectivity index (χ1n) is 8.16. The van der Waals surface area contributed by atoms with Crippen LogP contribution in [0.1, 0.15) is 22.8 Å². The van der Waals surface area contributed by atoms with Crippen LogP contribution in [-0.2, 0) is 14.8 Å². The van der Waals surface area contributed by atoms with Crippen molar-refractivity contribution in [2.24, 2.45) is 0 Å². The van der Waals surface area contributed by atoms with E-state index in [0.717, 1.165) is 18.2 Å². The second-order valence-corrected chi connectivity index (χ2v) is 8.38. The van der Waals surface area contributed by atoms with E-state index >= 15 is 0 Å². The molecule has 0 saturated heterocycles. The molecule has 0 bridgehead atoms. The summed E-state index contributed by atoms with van der Waals surface area (Å²) in [6.07, 6.45) is -5.26. The second kappa shape index (κ2) is 8.54. The molecule has 0 heterocycles. The van der Waals surface area contributed by atoms with E-state index in [1.807, 2.05) is 6.07 Å². The van der Waals surface area contributed by atoms with E-state index in [0.29, 0.717) is 0 Å². The minimum Gasteiger partial charge on any atom is -0.373 e. The van der Waals surface area contributed by atoms with Crippen molar-refractivity contribution in [1.82, 2.24) is 4.72 Å². The van der Waals surface area contributed by atoms with Crippen molar-refractivity contribution in [3.63, 3.8) is 0 Å². The molecule has 1 atom stereocenters. The highest BCUT2D eigenvalue weighted by molar-refractivity contribution is 7.90. The fourth-order valence-corrected chi connectivity index (χ4v) is 3.37. The lowest BCUT2D eigenvalue weighted by Gasteiger charge is -2.25. The van der Waals surface area contributed by atoms with Crippen LogP contribution in [0, 0.1) is 11.3 Å². The van der Waals surface area contributed by atoms with Crippen molar-refractivity contribution in [2.45, 2.75) is 23.6 Å². The first-order valence-corrected chi connectivity index (χ1v) is 10.0. The Morgan fingerprint density at radius 3 is 2.19 bits per heavy atom. The molecule has 2 rings (SSSR count). The molecule has 164 valence electrons. The Balaban J connectivity index is 2.22. The third kappa shape index (κ3) is 5.32. The molecule has 13 heteroatoms. The number of aliphatic hydroxyl groups is 1. The Kier molecular flexibility index (Phi) is 6.65. The van der Waals surface area contributed by atoms with Gasteiger partial charge >= 0.3 is 6.18 Å². The Bertz CT molecular complexity index is 1170. The maximum atomic E-state index is 12.7. The van der Waals surface area contributed by atoms with E-state index in [1.165, 1.54) is 24.3 Å². The maximum Gasteiger partial charge on any atom is 0.426 e. The first-order chi connectivity index (χ1) is 14.2. The quantitative estimate of drug-likeness (QED) is 0.608. The van der Waals surface area contributed by atoms with Crippen molar-refractivity contribution in [2.75, 3.05) is 5.32 Å². The van der Waals surface area contributed by atoms with Gasteiger partial charge in [-0.25, -0.2) is 13.1 Å². The third-order valence-electron chi connectivity index (χ3n) is 4.00. The summed E-state index contributed by atoms with van der Waals surface area (Å²) in [5.74, 6) is -2.83. The lowest BCUT2D eigenvalue weighted by atomic mass is 10.1. The largest absolute Gasteiger partial charge is 0.426 e. The minimum absolute atomic E-state index is 0.0491. The summed E-state index contributed by atoms with van der Waals surface area (Å²) in [5, 5.41) is 19.4. The van der Waals surface area contributed by atoms with E-state index < -0.39 is 49.2 Å². The molecular formula is C18H13ClF3N3O5S. The molecule has 0 aliphatic rings. The normalized spacial score (nSPS) is 13.6. The number of alkyl halides is 3. The highest BCUT2D eigenvalue weighted by Gasteiger charge is 2.55. The van der Waals surface area contributed by atoms with Gasteiger partial charge < -0.3 is 10.4 Å². The fourth-order valence-electron chi connectivity index (χ4n) is 2.07. The minimum atomic E-state index is -5.26. The van der Waals surface area contributed by atoms with Crippen LogP contribution in [-0.4, -0.2) is 37.1 Å². The molecule has 2 aromatic rings. The Hall–Kier alpha value is -3.14. The van der Waals surface area contributed by atoms with Crippen LogP contribution in [0.25, 0.3) is 0 Å². The summed E-state index contributed by atoms with van der Waals surface area (Å²) >= 11 is 5.85. The van der Waals surface area contributed by atoms with Crippen LogP contribution in [0.3, 0.4) is 0 Å². The number of carbonyl (C=O) groups excluding carboxylic acids is 2. The molecule has 0 aliphatic carbocycles. The van der Waals surface area contributed by atoms with Crippen LogP contribution in [0.2, 0.25) is 5.02 Å². The summed E-state index contributed by atoms with van der Waals surface area (Å²) in [6, 6.07) is 9.52. The molecular weight excluding hydrogens is 463 g/mol. The number of halogens is 4. The number of hydrogen-bond donors (Lipinski definition) is 3. The highest BCUT2D eigenvalue weighted by Crippen LogP contribution is 2.32. The van der Waals surface area contributed by atoms with Crippen LogP contribution in [0.4, 0.5) is 18.9 Å². The van der Waals surface area contributed by atoms with Gasteiger partial charge in [-0.05, 0) is 49.4 Å². The first kappa shape index (κ1) is 24.1. The number of benzene rings is 2. The molecule has 2 amide bonds. The zero-order valence-corrected chi connectivity index (χ0v) is 17.1. The van der Waals surface area contributed by atoms with E-state index in [9.17, 15) is 36.3 Å². The number of carbonyl (C=O) groups is 2. The van der Waals surface area contributed by atoms with Crippen LogP contribution in [0.5, 0.6) is 0 Å². The Morgan fingerprint density at radius 1 is 1.13 bits per heavy atom.